The van der Waals surface area contributed by atoms with Crippen LogP contribution < -0.4 is 10.2 Å². The SMILES string of the molecule is Cc1c[nH]c2c[n+](O)c(Cl)cc2c1=O. The predicted molar refractivity (Wildman–Crippen MR) is 51.7 cm³/mol. The molecule has 0 fully saturated rings. The largest absolute Gasteiger partial charge is 0.356 e. The van der Waals surface area contributed by atoms with Crippen molar-refractivity contribution in [2.45, 2.75) is 6.92 Å². The Hall–Kier alpha value is -1.55. The van der Waals surface area contributed by atoms with Gasteiger partial charge in [-0.3, -0.25) is 10.0 Å². The molecule has 2 rings (SSSR count). The minimum atomic E-state index is -0.0822. The highest BCUT2D eigenvalue weighted by atomic mass is 35.5. The highest BCUT2D eigenvalue weighted by Gasteiger charge is 2.12. The maximum Gasteiger partial charge on any atom is 0.325 e. The van der Waals surface area contributed by atoms with E-state index in [4.69, 9.17) is 11.6 Å². The Morgan fingerprint density at radius 3 is 3.00 bits per heavy atom. The average molecular weight is 212 g/mol. The van der Waals surface area contributed by atoms with Crippen molar-refractivity contribution in [1.29, 1.82) is 0 Å². The predicted octanol–water partition coefficient (Wildman–Crippen LogP) is 1.01. The molecule has 0 atom stereocenters. The molecule has 14 heavy (non-hydrogen) atoms. The lowest BCUT2D eigenvalue weighted by Crippen LogP contribution is -2.31. The number of aromatic amines is 1. The minimum absolute atomic E-state index is 0.0822. The second kappa shape index (κ2) is 2.99. The summed E-state index contributed by atoms with van der Waals surface area (Å²) >= 11 is 5.67. The summed E-state index contributed by atoms with van der Waals surface area (Å²) in [4.78, 5) is 14.5. The van der Waals surface area contributed by atoms with Crippen molar-refractivity contribution in [2.24, 2.45) is 0 Å². The number of hydrogen-bond donors (Lipinski definition) is 2. The summed E-state index contributed by atoms with van der Waals surface area (Å²) in [6.07, 6.45) is 2.96. The number of nitrogens with zero attached hydrogens (tertiary/aromatic N) is 1. The molecule has 0 saturated carbocycles. The number of hydrogen-bond acceptors (Lipinski definition) is 2. The zero-order chi connectivity index (χ0) is 10.3. The molecule has 2 aromatic rings. The molecule has 2 N–H and O–H groups in total. The van der Waals surface area contributed by atoms with Gasteiger partial charge in [0.15, 0.2) is 5.43 Å². The van der Waals surface area contributed by atoms with Crippen molar-refractivity contribution in [1.82, 2.24) is 4.98 Å². The number of H-pyrrole nitrogens is 1. The average Bonchev–Trinajstić information content (AvgIpc) is 2.15. The van der Waals surface area contributed by atoms with Crippen LogP contribution in [0.25, 0.3) is 10.9 Å². The van der Waals surface area contributed by atoms with Crippen molar-refractivity contribution in [3.05, 3.63) is 39.4 Å². The van der Waals surface area contributed by atoms with Crippen LogP contribution in [0.15, 0.2) is 23.3 Å². The summed E-state index contributed by atoms with van der Waals surface area (Å²) in [5.41, 5.74) is 1.08. The highest BCUT2D eigenvalue weighted by Crippen LogP contribution is 2.09. The fraction of sp³-hybridized carbons (Fsp3) is 0.111. The van der Waals surface area contributed by atoms with Gasteiger partial charge in [-0.1, -0.05) is 0 Å². The second-order valence-electron chi connectivity index (χ2n) is 3.07. The quantitative estimate of drug-likeness (QED) is 0.388. The van der Waals surface area contributed by atoms with Crippen LogP contribution in [-0.2, 0) is 0 Å². The number of nitrogens with one attached hydrogen (secondary N) is 1. The third-order valence-electron chi connectivity index (χ3n) is 2.07. The van der Waals surface area contributed by atoms with Crippen LogP contribution in [0.4, 0.5) is 0 Å². The lowest BCUT2D eigenvalue weighted by atomic mass is 10.2. The summed E-state index contributed by atoms with van der Waals surface area (Å²) in [5.74, 6) is 0. The lowest BCUT2D eigenvalue weighted by Gasteiger charge is -1.96. The van der Waals surface area contributed by atoms with Crippen molar-refractivity contribution in [3.63, 3.8) is 0 Å². The summed E-state index contributed by atoms with van der Waals surface area (Å²) in [7, 11) is 0. The van der Waals surface area contributed by atoms with Crippen molar-refractivity contribution in [3.8, 4) is 0 Å². The van der Waals surface area contributed by atoms with Gasteiger partial charge in [0.1, 0.15) is 5.52 Å². The van der Waals surface area contributed by atoms with Gasteiger partial charge in [-0.05, 0) is 18.5 Å². The van der Waals surface area contributed by atoms with Crippen LogP contribution >= 0.6 is 11.6 Å². The van der Waals surface area contributed by atoms with Crippen molar-refractivity contribution in [2.75, 3.05) is 0 Å². The van der Waals surface area contributed by atoms with E-state index in [1.807, 2.05) is 0 Å². The molecule has 0 bridgehead atoms. The summed E-state index contributed by atoms with van der Waals surface area (Å²) in [6, 6.07) is 1.43. The molecule has 72 valence electrons. The molecular weight excluding hydrogens is 204 g/mol. The van der Waals surface area contributed by atoms with Gasteiger partial charge in [-0.2, -0.15) is 0 Å². The first-order valence-corrected chi connectivity index (χ1v) is 4.40. The van der Waals surface area contributed by atoms with E-state index in [0.717, 1.165) is 4.73 Å². The van der Waals surface area contributed by atoms with E-state index >= 15 is 0 Å². The van der Waals surface area contributed by atoms with Crippen LogP contribution in [0.3, 0.4) is 0 Å². The molecule has 5 heteroatoms. The van der Waals surface area contributed by atoms with Crippen LogP contribution in [-0.4, -0.2) is 10.2 Å². The van der Waals surface area contributed by atoms with Crippen molar-refractivity contribution >= 4 is 22.5 Å². The first-order chi connectivity index (χ1) is 6.59. The van der Waals surface area contributed by atoms with E-state index in [-0.39, 0.29) is 10.6 Å². The molecule has 0 amide bonds. The van der Waals surface area contributed by atoms with Gasteiger partial charge in [-0.25, -0.2) is 0 Å². The molecule has 0 saturated heterocycles. The fourth-order valence-corrected chi connectivity index (χ4v) is 1.44. The Kier molecular flexibility index (Phi) is 1.93. The van der Waals surface area contributed by atoms with E-state index in [9.17, 15) is 10.0 Å². The fourth-order valence-electron chi connectivity index (χ4n) is 1.28. The van der Waals surface area contributed by atoms with Gasteiger partial charge >= 0.3 is 5.15 Å². The molecule has 0 aliphatic heterocycles. The third-order valence-corrected chi connectivity index (χ3v) is 2.35. The molecule has 0 radical (unpaired) electrons. The summed E-state index contributed by atoms with van der Waals surface area (Å²) in [5, 5.41) is 9.82. The van der Waals surface area contributed by atoms with Crippen LogP contribution in [0.2, 0.25) is 5.15 Å². The topological polar surface area (TPSA) is 57.0 Å². The molecule has 0 aliphatic carbocycles. The Bertz CT molecular complexity index is 562. The lowest BCUT2D eigenvalue weighted by molar-refractivity contribution is -0.902. The van der Waals surface area contributed by atoms with E-state index in [1.54, 1.807) is 13.1 Å². The van der Waals surface area contributed by atoms with Crippen LogP contribution in [0.1, 0.15) is 5.56 Å². The Labute approximate surface area is 84.3 Å². The molecule has 2 aromatic heterocycles. The van der Waals surface area contributed by atoms with Gasteiger partial charge in [0.25, 0.3) is 0 Å². The third kappa shape index (κ3) is 1.24. The van der Waals surface area contributed by atoms with Crippen LogP contribution in [0.5, 0.6) is 0 Å². The smallest absolute Gasteiger partial charge is 0.325 e. The number of aryl methyl sites for hydroxylation is 1. The normalized spacial score (nSPS) is 10.7. The summed E-state index contributed by atoms with van der Waals surface area (Å²) in [6.45, 7) is 1.71. The van der Waals surface area contributed by atoms with Gasteiger partial charge in [0.2, 0.25) is 6.20 Å². The standard InChI is InChI=1S/C9H7ClN2O2/c1-5-3-11-7-4-12(14)8(10)2-6(7)9(5)13/h2-4H,1H3,(H-,11,13,14)/p+1. The first-order valence-electron chi connectivity index (χ1n) is 4.02. The number of pyridine rings is 2. The Morgan fingerprint density at radius 1 is 1.57 bits per heavy atom. The molecule has 0 aromatic carbocycles. The molecular formula is C9H8ClN2O2+. The zero-order valence-electron chi connectivity index (χ0n) is 7.41. The molecule has 0 spiro atoms. The van der Waals surface area contributed by atoms with E-state index in [0.29, 0.717) is 16.5 Å². The zero-order valence-corrected chi connectivity index (χ0v) is 8.17. The van der Waals surface area contributed by atoms with Gasteiger partial charge < -0.3 is 4.98 Å². The monoisotopic (exact) mass is 211 g/mol. The van der Waals surface area contributed by atoms with E-state index in [2.05, 4.69) is 4.98 Å². The maximum atomic E-state index is 11.6. The van der Waals surface area contributed by atoms with Crippen LogP contribution in [0, 0.1) is 6.92 Å². The Morgan fingerprint density at radius 2 is 2.29 bits per heavy atom. The van der Waals surface area contributed by atoms with Gasteiger partial charge in [0, 0.05) is 22.6 Å². The number of aromatic nitrogens is 2. The molecule has 0 unspecified atom stereocenters. The Balaban J connectivity index is 2.97. The van der Waals surface area contributed by atoms with E-state index < -0.39 is 0 Å². The highest BCUT2D eigenvalue weighted by molar-refractivity contribution is 6.29. The first kappa shape index (κ1) is 9.02. The van der Waals surface area contributed by atoms with Crippen molar-refractivity contribution < 1.29 is 9.94 Å². The number of halogens is 1. The molecule has 4 nitrogen and oxygen atoms in total. The van der Waals surface area contributed by atoms with E-state index in [1.165, 1.54) is 12.3 Å². The second-order valence-corrected chi connectivity index (χ2v) is 3.46. The number of rotatable bonds is 0. The maximum absolute atomic E-state index is 11.6. The van der Waals surface area contributed by atoms with Gasteiger partial charge in [0.05, 0.1) is 5.39 Å². The molecule has 2 heterocycles. The molecule has 0 aliphatic rings. The van der Waals surface area contributed by atoms with Gasteiger partial charge in [-0.15, -0.1) is 0 Å². The minimum Gasteiger partial charge on any atom is -0.356 e. The number of fused-ring (bicyclic) bond motifs is 1. The summed E-state index contributed by atoms with van der Waals surface area (Å²) < 4.78 is 0.759.